The molecule has 2 aliphatic heterocycles. The van der Waals surface area contributed by atoms with E-state index in [0.29, 0.717) is 38.2 Å². The number of amides is 1. The number of benzene rings is 1. The number of hydrogen-bond acceptors (Lipinski definition) is 3. The van der Waals surface area contributed by atoms with Crippen LogP contribution in [0.1, 0.15) is 52.9 Å². The van der Waals surface area contributed by atoms with E-state index in [2.05, 4.69) is 31.0 Å². The molecule has 26 heavy (non-hydrogen) atoms. The van der Waals surface area contributed by atoms with Crippen LogP contribution in [0.4, 0.5) is 0 Å². The van der Waals surface area contributed by atoms with Gasteiger partial charge in [-0.05, 0) is 63.6 Å². The second kappa shape index (κ2) is 6.39. The number of H-pyrrole nitrogens is 1. The quantitative estimate of drug-likeness (QED) is 0.824. The number of nitrogens with one attached hydrogen (secondary N) is 1. The van der Waals surface area contributed by atoms with Crippen LogP contribution in [0, 0.1) is 20.8 Å². The fourth-order valence-corrected chi connectivity index (χ4v) is 4.63. The van der Waals surface area contributed by atoms with Crippen LogP contribution >= 0.6 is 0 Å². The minimum Gasteiger partial charge on any atom is -0.390 e. The molecule has 1 amide bonds. The second-order valence-electron chi connectivity index (χ2n) is 7.99. The maximum atomic E-state index is 13.1. The first kappa shape index (κ1) is 17.6. The molecule has 1 atom stereocenters. The van der Waals surface area contributed by atoms with E-state index in [1.165, 1.54) is 11.1 Å². The van der Waals surface area contributed by atoms with Gasteiger partial charge in [0.25, 0.3) is 5.91 Å². The van der Waals surface area contributed by atoms with Gasteiger partial charge in [0.05, 0.1) is 11.7 Å². The third-order valence-electron chi connectivity index (χ3n) is 6.24. The number of aliphatic hydroxyl groups is 1. The van der Waals surface area contributed by atoms with Gasteiger partial charge >= 0.3 is 0 Å². The van der Waals surface area contributed by atoms with E-state index < -0.39 is 11.7 Å². The Kier molecular flexibility index (Phi) is 4.32. The predicted molar refractivity (Wildman–Crippen MR) is 102 cm³/mol. The summed E-state index contributed by atoms with van der Waals surface area (Å²) in [6.07, 6.45) is 2.72. The van der Waals surface area contributed by atoms with Crippen molar-refractivity contribution in [3.63, 3.8) is 0 Å². The molecule has 0 radical (unpaired) electrons. The summed E-state index contributed by atoms with van der Waals surface area (Å²) in [6.45, 7) is 8.15. The van der Waals surface area contributed by atoms with E-state index in [1.807, 2.05) is 11.8 Å². The Bertz CT molecular complexity index is 847. The van der Waals surface area contributed by atoms with Gasteiger partial charge in [-0.15, -0.1) is 0 Å². The molecule has 2 N–H and O–H groups in total. The number of aryl methyl sites for hydroxylation is 3. The number of carbonyl (C=O) groups is 1. The average Bonchev–Trinajstić information content (AvgIpc) is 2.95. The number of aliphatic hydroxyl groups excluding tert-OH is 1. The maximum absolute atomic E-state index is 13.1. The molecule has 2 aliphatic rings. The van der Waals surface area contributed by atoms with Gasteiger partial charge in [-0.1, -0.05) is 11.6 Å². The van der Waals surface area contributed by atoms with Crippen LogP contribution in [0.15, 0.2) is 12.1 Å². The zero-order chi connectivity index (χ0) is 18.5. The highest BCUT2D eigenvalue weighted by molar-refractivity contribution is 6.01. The lowest BCUT2D eigenvalue weighted by atomic mass is 9.82. The first-order valence-corrected chi connectivity index (χ1v) is 9.62. The monoisotopic (exact) mass is 356 g/mol. The average molecular weight is 356 g/mol. The molecule has 0 saturated carbocycles. The Morgan fingerprint density at radius 2 is 2.00 bits per heavy atom. The number of piperidine rings is 1. The van der Waals surface area contributed by atoms with Gasteiger partial charge in [-0.2, -0.15) is 0 Å². The SMILES string of the molecule is Cc1cc(C)c2[nH]c(C(=O)N3CCC4(CC3)OCCC[C@H]4O)c(C)c2c1. The Balaban J connectivity index is 1.57. The molecular weight excluding hydrogens is 328 g/mol. The summed E-state index contributed by atoms with van der Waals surface area (Å²) in [6, 6.07) is 4.28. The fraction of sp³-hybridized carbons (Fsp3) is 0.571. The van der Waals surface area contributed by atoms with E-state index in [0.717, 1.165) is 29.3 Å². The van der Waals surface area contributed by atoms with Crippen LogP contribution in [-0.2, 0) is 4.74 Å². The first-order valence-electron chi connectivity index (χ1n) is 9.62. The van der Waals surface area contributed by atoms with Crippen LogP contribution < -0.4 is 0 Å². The number of likely N-dealkylation sites (tertiary alicyclic amines) is 1. The van der Waals surface area contributed by atoms with Crippen LogP contribution in [0.2, 0.25) is 0 Å². The van der Waals surface area contributed by atoms with Gasteiger partial charge in [0, 0.05) is 30.6 Å². The molecule has 140 valence electrons. The molecule has 5 heteroatoms. The normalized spacial score (nSPS) is 22.9. The topological polar surface area (TPSA) is 65.6 Å². The summed E-state index contributed by atoms with van der Waals surface area (Å²) in [5, 5.41) is 11.5. The van der Waals surface area contributed by atoms with E-state index in [1.54, 1.807) is 0 Å². The number of ether oxygens (including phenoxy) is 1. The van der Waals surface area contributed by atoms with Crippen molar-refractivity contribution in [3.8, 4) is 0 Å². The van der Waals surface area contributed by atoms with E-state index in [-0.39, 0.29) is 5.91 Å². The van der Waals surface area contributed by atoms with Crippen molar-refractivity contribution in [1.29, 1.82) is 0 Å². The van der Waals surface area contributed by atoms with E-state index >= 15 is 0 Å². The second-order valence-corrected chi connectivity index (χ2v) is 7.99. The molecule has 0 bridgehead atoms. The van der Waals surface area contributed by atoms with Gasteiger partial charge < -0.3 is 19.7 Å². The molecule has 2 fully saturated rings. The zero-order valence-corrected chi connectivity index (χ0v) is 15.9. The van der Waals surface area contributed by atoms with Crippen molar-refractivity contribution in [3.05, 3.63) is 34.5 Å². The smallest absolute Gasteiger partial charge is 0.270 e. The Hall–Kier alpha value is -1.85. The van der Waals surface area contributed by atoms with Crippen molar-refractivity contribution < 1.29 is 14.6 Å². The number of fused-ring (bicyclic) bond motifs is 1. The number of rotatable bonds is 1. The highest BCUT2D eigenvalue weighted by atomic mass is 16.5. The number of hydrogen-bond donors (Lipinski definition) is 2. The summed E-state index contributed by atoms with van der Waals surface area (Å²) in [4.78, 5) is 18.4. The summed E-state index contributed by atoms with van der Waals surface area (Å²) in [5.41, 5.74) is 4.69. The van der Waals surface area contributed by atoms with Gasteiger partial charge in [0.15, 0.2) is 0 Å². The summed E-state index contributed by atoms with van der Waals surface area (Å²) in [7, 11) is 0. The molecule has 1 aromatic carbocycles. The molecule has 3 heterocycles. The maximum Gasteiger partial charge on any atom is 0.270 e. The van der Waals surface area contributed by atoms with Crippen LogP contribution in [0.25, 0.3) is 10.9 Å². The molecule has 2 aromatic rings. The molecule has 1 spiro atoms. The summed E-state index contributed by atoms with van der Waals surface area (Å²) < 4.78 is 5.96. The number of carbonyl (C=O) groups excluding carboxylic acids is 1. The lowest BCUT2D eigenvalue weighted by Crippen LogP contribution is -2.56. The van der Waals surface area contributed by atoms with Gasteiger partial charge in [-0.25, -0.2) is 0 Å². The van der Waals surface area contributed by atoms with Crippen LogP contribution in [-0.4, -0.2) is 52.3 Å². The van der Waals surface area contributed by atoms with Crippen molar-refractivity contribution in [1.82, 2.24) is 9.88 Å². The predicted octanol–water partition coefficient (Wildman–Crippen LogP) is 3.24. The van der Waals surface area contributed by atoms with E-state index in [9.17, 15) is 9.90 Å². The number of aromatic nitrogens is 1. The highest BCUT2D eigenvalue weighted by Gasteiger charge is 2.44. The molecule has 0 aliphatic carbocycles. The van der Waals surface area contributed by atoms with Crippen molar-refractivity contribution >= 4 is 16.8 Å². The Labute approximate surface area is 154 Å². The molecule has 2 saturated heterocycles. The highest BCUT2D eigenvalue weighted by Crippen LogP contribution is 2.36. The third kappa shape index (κ3) is 2.74. The lowest BCUT2D eigenvalue weighted by molar-refractivity contribution is -0.174. The van der Waals surface area contributed by atoms with Crippen molar-refractivity contribution in [2.75, 3.05) is 19.7 Å². The van der Waals surface area contributed by atoms with Crippen molar-refractivity contribution in [2.24, 2.45) is 0 Å². The number of nitrogens with zero attached hydrogens (tertiary/aromatic N) is 1. The van der Waals surface area contributed by atoms with Crippen LogP contribution in [0.5, 0.6) is 0 Å². The fourth-order valence-electron chi connectivity index (χ4n) is 4.63. The Morgan fingerprint density at radius 3 is 2.69 bits per heavy atom. The van der Waals surface area contributed by atoms with Gasteiger partial charge in [0.1, 0.15) is 5.69 Å². The zero-order valence-electron chi connectivity index (χ0n) is 15.9. The minimum atomic E-state index is -0.446. The molecule has 5 nitrogen and oxygen atoms in total. The minimum absolute atomic E-state index is 0.0518. The summed E-state index contributed by atoms with van der Waals surface area (Å²) in [5.74, 6) is 0.0518. The molecule has 1 aromatic heterocycles. The third-order valence-corrected chi connectivity index (χ3v) is 6.24. The van der Waals surface area contributed by atoms with Crippen LogP contribution in [0.3, 0.4) is 0 Å². The molecule has 0 unspecified atom stereocenters. The van der Waals surface area contributed by atoms with Gasteiger partial charge in [0.2, 0.25) is 0 Å². The standard InChI is InChI=1S/C21H28N2O3/c1-13-11-14(2)18-16(12-13)15(3)19(22-18)20(25)23-8-6-21(7-9-23)17(24)5-4-10-26-21/h11-12,17,22,24H,4-10H2,1-3H3/t17-/m1/s1. The van der Waals surface area contributed by atoms with Crippen molar-refractivity contribution in [2.45, 2.75) is 58.2 Å². The number of aromatic amines is 1. The van der Waals surface area contributed by atoms with E-state index in [4.69, 9.17) is 4.74 Å². The lowest BCUT2D eigenvalue weighted by Gasteiger charge is -2.46. The van der Waals surface area contributed by atoms with Gasteiger partial charge in [-0.3, -0.25) is 4.79 Å². The largest absolute Gasteiger partial charge is 0.390 e. The summed E-state index contributed by atoms with van der Waals surface area (Å²) >= 11 is 0. The molecular formula is C21H28N2O3. The Morgan fingerprint density at radius 1 is 1.27 bits per heavy atom. The first-order chi connectivity index (χ1) is 12.4. The molecule has 4 rings (SSSR count).